The Morgan fingerprint density at radius 2 is 2.04 bits per heavy atom. The molecule has 1 aromatic carbocycles. The van der Waals surface area contributed by atoms with Crippen molar-refractivity contribution in [2.75, 3.05) is 13.1 Å². The number of aryl methyl sites for hydroxylation is 1. The van der Waals surface area contributed by atoms with Crippen molar-refractivity contribution in [3.05, 3.63) is 51.8 Å². The zero-order valence-corrected chi connectivity index (χ0v) is 16.0. The molecule has 3 unspecified atom stereocenters. The number of aromatic nitrogens is 2. The number of nitrogens with two attached hydrogens (primary N) is 1. The van der Waals surface area contributed by atoms with Crippen molar-refractivity contribution in [3.8, 4) is 0 Å². The monoisotopic (exact) mass is 372 g/mol. The lowest BCUT2D eigenvalue weighted by Gasteiger charge is -2.19. The fourth-order valence-electron chi connectivity index (χ4n) is 4.58. The van der Waals surface area contributed by atoms with Gasteiger partial charge in [0, 0.05) is 29.8 Å². The van der Waals surface area contributed by atoms with Gasteiger partial charge < -0.3 is 10.6 Å². The van der Waals surface area contributed by atoms with Gasteiger partial charge in [-0.15, -0.1) is 0 Å². The van der Waals surface area contributed by atoms with E-state index in [1.807, 2.05) is 47.7 Å². The standard InChI is InChI=1S/C20H25ClN4O/c1-12-19(20(26)24-9-14-7-8-18(22)16(14)11-24)13(2)25(23-12)10-15-5-3-4-6-17(15)21/h3-6,14,16,18H,7-11,22H2,1-2H3. The van der Waals surface area contributed by atoms with Crippen LogP contribution in [0.15, 0.2) is 24.3 Å². The van der Waals surface area contributed by atoms with Gasteiger partial charge in [0.2, 0.25) is 0 Å². The van der Waals surface area contributed by atoms with Crippen molar-refractivity contribution in [3.63, 3.8) is 0 Å². The summed E-state index contributed by atoms with van der Waals surface area (Å²) in [4.78, 5) is 15.1. The van der Waals surface area contributed by atoms with Crippen LogP contribution in [0.25, 0.3) is 0 Å². The quantitative estimate of drug-likeness (QED) is 0.900. The van der Waals surface area contributed by atoms with Crippen molar-refractivity contribution in [2.45, 2.75) is 39.3 Å². The van der Waals surface area contributed by atoms with E-state index < -0.39 is 0 Å². The summed E-state index contributed by atoms with van der Waals surface area (Å²) in [5, 5.41) is 5.33. The summed E-state index contributed by atoms with van der Waals surface area (Å²) in [6.07, 6.45) is 2.23. The molecule has 1 aliphatic heterocycles. The molecule has 1 saturated heterocycles. The molecule has 3 atom stereocenters. The van der Waals surface area contributed by atoms with Crippen molar-refractivity contribution in [2.24, 2.45) is 17.6 Å². The molecule has 2 heterocycles. The van der Waals surface area contributed by atoms with Crippen LogP contribution in [-0.4, -0.2) is 39.7 Å². The van der Waals surface area contributed by atoms with Crippen LogP contribution < -0.4 is 5.73 Å². The van der Waals surface area contributed by atoms with E-state index in [1.165, 1.54) is 0 Å². The van der Waals surface area contributed by atoms with E-state index in [1.54, 1.807) is 0 Å². The molecule has 1 aliphatic carbocycles. The van der Waals surface area contributed by atoms with Crippen LogP contribution in [0, 0.1) is 25.7 Å². The number of hydrogen-bond acceptors (Lipinski definition) is 3. The summed E-state index contributed by atoms with van der Waals surface area (Å²) in [6, 6.07) is 7.98. The summed E-state index contributed by atoms with van der Waals surface area (Å²) in [5.41, 5.74) is 9.62. The van der Waals surface area contributed by atoms with E-state index in [0.717, 1.165) is 48.4 Å². The Kier molecular flexibility index (Phi) is 4.53. The molecule has 1 saturated carbocycles. The molecule has 2 aromatic rings. The number of fused-ring (bicyclic) bond motifs is 1. The third kappa shape index (κ3) is 2.93. The number of amides is 1. The van der Waals surface area contributed by atoms with Crippen LogP contribution in [-0.2, 0) is 6.54 Å². The van der Waals surface area contributed by atoms with Gasteiger partial charge in [0.25, 0.3) is 5.91 Å². The molecule has 2 aliphatic rings. The highest BCUT2D eigenvalue weighted by Gasteiger charge is 2.43. The number of nitrogens with zero attached hydrogens (tertiary/aromatic N) is 3. The molecule has 26 heavy (non-hydrogen) atoms. The lowest BCUT2D eigenvalue weighted by molar-refractivity contribution is 0.0778. The number of hydrogen-bond donors (Lipinski definition) is 1. The number of carbonyl (C=O) groups excluding carboxylic acids is 1. The predicted octanol–water partition coefficient (Wildman–Crippen LogP) is 3.01. The van der Waals surface area contributed by atoms with Crippen LogP contribution in [0.1, 0.15) is 40.2 Å². The maximum Gasteiger partial charge on any atom is 0.257 e. The molecule has 0 bridgehead atoms. The van der Waals surface area contributed by atoms with Crippen molar-refractivity contribution < 1.29 is 4.79 Å². The summed E-state index contributed by atoms with van der Waals surface area (Å²) in [6.45, 7) is 6.04. The summed E-state index contributed by atoms with van der Waals surface area (Å²) >= 11 is 6.28. The minimum Gasteiger partial charge on any atom is -0.338 e. The third-order valence-electron chi connectivity index (χ3n) is 6.07. The van der Waals surface area contributed by atoms with Crippen LogP contribution in [0.2, 0.25) is 5.02 Å². The van der Waals surface area contributed by atoms with E-state index in [0.29, 0.717) is 23.4 Å². The molecule has 138 valence electrons. The molecule has 1 aromatic heterocycles. The largest absolute Gasteiger partial charge is 0.338 e. The second-order valence-corrected chi connectivity index (χ2v) is 8.08. The maximum atomic E-state index is 13.2. The average Bonchev–Trinajstić information content (AvgIpc) is 3.25. The second-order valence-electron chi connectivity index (χ2n) is 7.67. The molecule has 4 rings (SSSR count). The number of rotatable bonds is 3. The Morgan fingerprint density at radius 1 is 1.27 bits per heavy atom. The van der Waals surface area contributed by atoms with Gasteiger partial charge in [-0.3, -0.25) is 9.48 Å². The van der Waals surface area contributed by atoms with Gasteiger partial charge in [0.05, 0.1) is 17.8 Å². The highest BCUT2D eigenvalue weighted by Crippen LogP contribution is 2.38. The molecule has 1 amide bonds. The van der Waals surface area contributed by atoms with Crippen LogP contribution in [0.3, 0.4) is 0 Å². The molecule has 2 N–H and O–H groups in total. The van der Waals surface area contributed by atoms with E-state index >= 15 is 0 Å². The van der Waals surface area contributed by atoms with Crippen LogP contribution >= 0.6 is 11.6 Å². The van der Waals surface area contributed by atoms with E-state index in [9.17, 15) is 4.79 Å². The van der Waals surface area contributed by atoms with Gasteiger partial charge in [-0.1, -0.05) is 29.8 Å². The smallest absolute Gasteiger partial charge is 0.257 e. The second kappa shape index (κ2) is 6.71. The molecule has 6 heteroatoms. The Bertz CT molecular complexity index is 846. The summed E-state index contributed by atoms with van der Waals surface area (Å²) in [5.74, 6) is 1.11. The first-order chi connectivity index (χ1) is 12.5. The Hall–Kier alpha value is -1.85. The number of benzene rings is 1. The van der Waals surface area contributed by atoms with Gasteiger partial charge in [0.1, 0.15) is 0 Å². The van der Waals surface area contributed by atoms with Crippen LogP contribution in [0.5, 0.6) is 0 Å². The zero-order valence-electron chi connectivity index (χ0n) is 15.3. The van der Waals surface area contributed by atoms with Gasteiger partial charge >= 0.3 is 0 Å². The van der Waals surface area contributed by atoms with Gasteiger partial charge in [-0.05, 0) is 50.2 Å². The first-order valence-corrected chi connectivity index (χ1v) is 9.65. The molecule has 0 radical (unpaired) electrons. The minimum atomic E-state index is 0.0898. The van der Waals surface area contributed by atoms with E-state index in [2.05, 4.69) is 5.10 Å². The highest BCUT2D eigenvalue weighted by molar-refractivity contribution is 6.31. The molecule has 2 fully saturated rings. The highest BCUT2D eigenvalue weighted by atomic mass is 35.5. The molecule has 0 spiro atoms. The summed E-state index contributed by atoms with van der Waals surface area (Å²) in [7, 11) is 0. The lowest BCUT2D eigenvalue weighted by atomic mass is 9.98. The zero-order chi connectivity index (χ0) is 18.4. The first kappa shape index (κ1) is 17.6. The first-order valence-electron chi connectivity index (χ1n) is 9.28. The predicted molar refractivity (Wildman–Crippen MR) is 102 cm³/mol. The minimum absolute atomic E-state index is 0.0898. The Labute approximate surface area is 159 Å². The lowest BCUT2D eigenvalue weighted by Crippen LogP contribution is -2.34. The average molecular weight is 373 g/mol. The molecular formula is C20H25ClN4O. The summed E-state index contributed by atoms with van der Waals surface area (Å²) < 4.78 is 1.88. The Morgan fingerprint density at radius 3 is 2.77 bits per heavy atom. The van der Waals surface area contributed by atoms with Crippen molar-refractivity contribution in [1.82, 2.24) is 14.7 Å². The fourth-order valence-corrected chi connectivity index (χ4v) is 4.78. The van der Waals surface area contributed by atoms with Gasteiger partial charge in [-0.2, -0.15) is 5.10 Å². The van der Waals surface area contributed by atoms with Crippen LogP contribution in [0.4, 0.5) is 0 Å². The van der Waals surface area contributed by atoms with E-state index in [4.69, 9.17) is 17.3 Å². The normalized spacial score (nSPS) is 24.9. The number of likely N-dealkylation sites (tertiary alicyclic amines) is 1. The van der Waals surface area contributed by atoms with Crippen molar-refractivity contribution >= 4 is 17.5 Å². The van der Waals surface area contributed by atoms with Gasteiger partial charge in [-0.25, -0.2) is 0 Å². The number of carbonyl (C=O) groups is 1. The Balaban J connectivity index is 1.57. The fraction of sp³-hybridized carbons (Fsp3) is 0.500. The van der Waals surface area contributed by atoms with Crippen molar-refractivity contribution in [1.29, 1.82) is 0 Å². The molecule has 5 nitrogen and oxygen atoms in total. The molecular weight excluding hydrogens is 348 g/mol. The number of halogens is 1. The SMILES string of the molecule is Cc1nn(Cc2ccccc2Cl)c(C)c1C(=O)N1CC2CCC(N)C2C1. The maximum absolute atomic E-state index is 13.2. The van der Waals surface area contributed by atoms with Gasteiger partial charge in [0.15, 0.2) is 0 Å². The van der Waals surface area contributed by atoms with E-state index in [-0.39, 0.29) is 11.9 Å². The topological polar surface area (TPSA) is 64.2 Å². The third-order valence-corrected chi connectivity index (χ3v) is 6.44.